The topological polar surface area (TPSA) is 63.3 Å². The first-order chi connectivity index (χ1) is 12.9. The molecule has 138 valence electrons. The Morgan fingerprint density at radius 1 is 1.26 bits per heavy atom. The van der Waals surface area contributed by atoms with Crippen LogP contribution >= 0.6 is 27.5 Å². The van der Waals surface area contributed by atoms with Gasteiger partial charge in [0.2, 0.25) is 0 Å². The van der Waals surface area contributed by atoms with E-state index in [9.17, 15) is 4.39 Å². The first-order valence-electron chi connectivity index (χ1n) is 8.19. The average molecular weight is 448 g/mol. The lowest BCUT2D eigenvalue weighted by Gasteiger charge is -2.18. The van der Waals surface area contributed by atoms with Crippen LogP contribution in [0.1, 0.15) is 24.1 Å². The lowest BCUT2D eigenvalue weighted by Crippen LogP contribution is -2.13. The third-order valence-corrected chi connectivity index (χ3v) is 4.74. The van der Waals surface area contributed by atoms with Gasteiger partial charge in [-0.3, -0.25) is 4.98 Å². The molecule has 0 amide bonds. The SMILES string of the molecule is CC(Nc1ccc(F)c(Cl)c1)c1ccc(Br)cc1N=C(N)c1cccnc1. The van der Waals surface area contributed by atoms with Crippen LogP contribution in [-0.2, 0) is 0 Å². The maximum atomic E-state index is 13.4. The Balaban J connectivity index is 1.92. The minimum atomic E-state index is -0.451. The largest absolute Gasteiger partial charge is 0.383 e. The van der Waals surface area contributed by atoms with Gasteiger partial charge < -0.3 is 11.1 Å². The molecule has 3 N–H and O–H groups in total. The summed E-state index contributed by atoms with van der Waals surface area (Å²) in [5, 5.41) is 3.38. The van der Waals surface area contributed by atoms with Crippen LogP contribution in [0.3, 0.4) is 0 Å². The summed E-state index contributed by atoms with van der Waals surface area (Å²) in [6.07, 6.45) is 3.35. The van der Waals surface area contributed by atoms with Gasteiger partial charge in [0.1, 0.15) is 11.7 Å². The zero-order valence-corrected chi connectivity index (χ0v) is 16.8. The molecule has 0 saturated carbocycles. The zero-order valence-electron chi connectivity index (χ0n) is 14.5. The number of aromatic nitrogens is 1. The highest BCUT2D eigenvalue weighted by molar-refractivity contribution is 9.10. The van der Waals surface area contributed by atoms with Crippen LogP contribution < -0.4 is 11.1 Å². The van der Waals surface area contributed by atoms with Crippen molar-refractivity contribution < 1.29 is 4.39 Å². The van der Waals surface area contributed by atoms with Crippen molar-refractivity contribution in [1.82, 2.24) is 4.98 Å². The van der Waals surface area contributed by atoms with Crippen LogP contribution in [0.4, 0.5) is 15.8 Å². The normalized spacial score (nSPS) is 12.7. The molecule has 1 heterocycles. The van der Waals surface area contributed by atoms with Gasteiger partial charge in [0.15, 0.2) is 0 Å². The van der Waals surface area contributed by atoms with Crippen molar-refractivity contribution >= 4 is 44.7 Å². The predicted octanol–water partition coefficient (Wildman–Crippen LogP) is 5.85. The van der Waals surface area contributed by atoms with Crippen molar-refractivity contribution in [3.63, 3.8) is 0 Å². The molecule has 7 heteroatoms. The molecule has 2 aromatic carbocycles. The molecule has 3 rings (SSSR count). The van der Waals surface area contributed by atoms with Crippen LogP contribution in [0.15, 0.2) is 70.4 Å². The fraction of sp³-hybridized carbons (Fsp3) is 0.100. The molecule has 4 nitrogen and oxygen atoms in total. The van der Waals surface area contributed by atoms with Gasteiger partial charge in [-0.15, -0.1) is 0 Å². The van der Waals surface area contributed by atoms with Crippen molar-refractivity contribution in [2.45, 2.75) is 13.0 Å². The van der Waals surface area contributed by atoms with E-state index in [-0.39, 0.29) is 11.1 Å². The van der Waals surface area contributed by atoms with E-state index < -0.39 is 5.82 Å². The first kappa shape index (κ1) is 19.3. The number of nitrogens with one attached hydrogen (secondary N) is 1. The number of hydrogen-bond donors (Lipinski definition) is 2. The van der Waals surface area contributed by atoms with E-state index in [0.717, 1.165) is 21.3 Å². The average Bonchev–Trinajstić information content (AvgIpc) is 2.65. The van der Waals surface area contributed by atoms with E-state index in [1.165, 1.54) is 6.07 Å². The Bertz CT molecular complexity index is 979. The molecule has 0 saturated heterocycles. The van der Waals surface area contributed by atoms with E-state index >= 15 is 0 Å². The van der Waals surface area contributed by atoms with Gasteiger partial charge in [0, 0.05) is 28.1 Å². The molecule has 3 aromatic rings. The fourth-order valence-corrected chi connectivity index (χ4v) is 3.13. The summed E-state index contributed by atoms with van der Waals surface area (Å²) in [4.78, 5) is 8.65. The Morgan fingerprint density at radius 3 is 2.78 bits per heavy atom. The number of nitrogens with zero attached hydrogens (tertiary/aromatic N) is 2. The molecule has 1 unspecified atom stereocenters. The second-order valence-electron chi connectivity index (χ2n) is 5.94. The molecule has 27 heavy (non-hydrogen) atoms. The van der Waals surface area contributed by atoms with E-state index in [1.54, 1.807) is 24.5 Å². The maximum Gasteiger partial charge on any atom is 0.141 e. The summed E-state index contributed by atoms with van der Waals surface area (Å²) < 4.78 is 14.3. The number of aliphatic imine (C=N–C) groups is 1. The standard InChI is InChI=1S/C20H17BrClFN4/c1-12(26-15-5-7-18(23)17(22)10-15)16-6-4-14(21)9-19(16)27-20(24)13-3-2-8-25-11-13/h2-12,26H,1H3,(H2,24,27). The van der Waals surface area contributed by atoms with Gasteiger partial charge in [-0.2, -0.15) is 0 Å². The van der Waals surface area contributed by atoms with Crippen LogP contribution in [-0.4, -0.2) is 10.8 Å². The maximum absolute atomic E-state index is 13.4. The molecular formula is C20H17BrClFN4. The van der Waals surface area contributed by atoms with Crippen LogP contribution in [0, 0.1) is 5.82 Å². The number of amidine groups is 1. The molecule has 0 spiro atoms. The fourth-order valence-electron chi connectivity index (χ4n) is 2.60. The van der Waals surface area contributed by atoms with Gasteiger partial charge in [-0.05, 0) is 55.0 Å². The highest BCUT2D eigenvalue weighted by Crippen LogP contribution is 2.32. The van der Waals surface area contributed by atoms with Crippen molar-refractivity contribution in [3.8, 4) is 0 Å². The molecular weight excluding hydrogens is 431 g/mol. The second kappa shape index (κ2) is 8.50. The molecule has 0 radical (unpaired) electrons. The third-order valence-electron chi connectivity index (χ3n) is 3.96. The first-order valence-corrected chi connectivity index (χ1v) is 9.36. The minimum Gasteiger partial charge on any atom is -0.383 e. The Labute approximate surface area is 170 Å². The number of halogens is 3. The van der Waals surface area contributed by atoms with Gasteiger partial charge in [-0.25, -0.2) is 9.38 Å². The highest BCUT2D eigenvalue weighted by atomic mass is 79.9. The number of rotatable bonds is 5. The molecule has 0 aliphatic heterocycles. The van der Waals surface area contributed by atoms with Crippen LogP contribution in [0.2, 0.25) is 5.02 Å². The van der Waals surface area contributed by atoms with E-state index in [4.69, 9.17) is 17.3 Å². The van der Waals surface area contributed by atoms with Gasteiger partial charge in [-0.1, -0.05) is 33.6 Å². The van der Waals surface area contributed by atoms with Crippen molar-refractivity contribution in [2.24, 2.45) is 10.7 Å². The lowest BCUT2D eigenvalue weighted by atomic mass is 10.1. The minimum absolute atomic E-state index is 0.0714. The number of hydrogen-bond acceptors (Lipinski definition) is 3. The second-order valence-corrected chi connectivity index (χ2v) is 7.26. The summed E-state index contributed by atoms with van der Waals surface area (Å²) >= 11 is 9.34. The number of nitrogens with two attached hydrogens (primary N) is 1. The Kier molecular flexibility index (Phi) is 6.08. The summed E-state index contributed by atoms with van der Waals surface area (Å²) in [5.41, 5.74) is 9.27. The number of pyridine rings is 1. The molecule has 1 atom stereocenters. The summed E-state index contributed by atoms with van der Waals surface area (Å²) in [6.45, 7) is 1.99. The van der Waals surface area contributed by atoms with E-state index in [1.807, 2.05) is 37.3 Å². The molecule has 0 aliphatic carbocycles. The monoisotopic (exact) mass is 446 g/mol. The van der Waals surface area contributed by atoms with Crippen molar-refractivity contribution in [1.29, 1.82) is 0 Å². The van der Waals surface area contributed by atoms with Crippen LogP contribution in [0.5, 0.6) is 0 Å². The predicted molar refractivity (Wildman–Crippen MR) is 112 cm³/mol. The van der Waals surface area contributed by atoms with Crippen LogP contribution in [0.25, 0.3) is 0 Å². The summed E-state index contributed by atoms with van der Waals surface area (Å²) in [5.74, 6) is -0.0764. The summed E-state index contributed by atoms with van der Waals surface area (Å²) in [6, 6.07) is 13.9. The third kappa shape index (κ3) is 4.84. The number of anilines is 1. The summed E-state index contributed by atoms with van der Waals surface area (Å²) in [7, 11) is 0. The quantitative estimate of drug-likeness (QED) is 0.381. The van der Waals surface area contributed by atoms with E-state index in [0.29, 0.717) is 11.5 Å². The Morgan fingerprint density at radius 2 is 2.07 bits per heavy atom. The number of benzene rings is 2. The highest BCUT2D eigenvalue weighted by Gasteiger charge is 2.13. The van der Waals surface area contributed by atoms with Crippen molar-refractivity contribution in [2.75, 3.05) is 5.32 Å². The van der Waals surface area contributed by atoms with Gasteiger partial charge in [0.05, 0.1) is 16.8 Å². The molecule has 0 fully saturated rings. The zero-order chi connectivity index (χ0) is 19.4. The van der Waals surface area contributed by atoms with Crippen molar-refractivity contribution in [3.05, 3.63) is 87.4 Å². The molecule has 0 bridgehead atoms. The lowest BCUT2D eigenvalue weighted by molar-refractivity contribution is 0.628. The Hall–Kier alpha value is -2.44. The van der Waals surface area contributed by atoms with Gasteiger partial charge in [0.25, 0.3) is 0 Å². The van der Waals surface area contributed by atoms with Gasteiger partial charge >= 0.3 is 0 Å². The molecule has 0 aliphatic rings. The smallest absolute Gasteiger partial charge is 0.141 e. The molecule has 1 aromatic heterocycles. The van der Waals surface area contributed by atoms with E-state index in [2.05, 4.69) is 31.2 Å².